The van der Waals surface area contributed by atoms with E-state index in [1.54, 1.807) is 27.8 Å². The fourth-order valence-electron chi connectivity index (χ4n) is 1.61. The second-order valence-electron chi connectivity index (χ2n) is 3.76. The number of nitrogens with zero attached hydrogens (tertiary/aromatic N) is 1. The molecule has 1 N–H and O–H groups in total. The van der Waals surface area contributed by atoms with Crippen LogP contribution in [0.3, 0.4) is 0 Å². The number of hydrogen-bond acceptors (Lipinski definition) is 4. The highest BCUT2D eigenvalue weighted by atomic mass is 32.2. The molecule has 0 aliphatic heterocycles. The third-order valence-electron chi connectivity index (χ3n) is 2.60. The van der Waals surface area contributed by atoms with E-state index in [-0.39, 0.29) is 17.2 Å². The monoisotopic (exact) mass is 274 g/mol. The van der Waals surface area contributed by atoms with Gasteiger partial charge in [-0.2, -0.15) is 0 Å². The Hall–Kier alpha value is -1.34. The van der Waals surface area contributed by atoms with Gasteiger partial charge in [0, 0.05) is 19.3 Å². The van der Waals surface area contributed by atoms with E-state index >= 15 is 0 Å². The molecule has 0 saturated heterocycles. The van der Waals surface area contributed by atoms with Gasteiger partial charge in [-0.15, -0.1) is 0 Å². The second-order valence-corrected chi connectivity index (χ2v) is 5.50. The summed E-state index contributed by atoms with van der Waals surface area (Å²) < 4.78 is 32.6. The van der Waals surface area contributed by atoms with Gasteiger partial charge in [0.2, 0.25) is 10.0 Å². The quantitative estimate of drug-likeness (QED) is 0.806. The van der Waals surface area contributed by atoms with Crippen molar-refractivity contribution in [3.8, 4) is 0 Å². The first-order valence-corrected chi connectivity index (χ1v) is 7.16. The van der Waals surface area contributed by atoms with Gasteiger partial charge in [0.05, 0.1) is 6.61 Å². The van der Waals surface area contributed by atoms with Gasteiger partial charge >= 0.3 is 5.97 Å². The SMILES string of the molecule is CCNS(=O)(=O)c1cc(C(=O)OCC)n(C)c1C. The molecule has 0 aliphatic rings. The zero-order chi connectivity index (χ0) is 13.9. The molecule has 0 amide bonds. The summed E-state index contributed by atoms with van der Waals surface area (Å²) >= 11 is 0. The molecule has 0 unspecified atom stereocenters. The van der Waals surface area contributed by atoms with Crippen LogP contribution >= 0.6 is 0 Å². The lowest BCUT2D eigenvalue weighted by molar-refractivity contribution is 0.0515. The molecule has 0 atom stereocenters. The molecule has 18 heavy (non-hydrogen) atoms. The Balaban J connectivity index is 3.26. The first-order chi connectivity index (χ1) is 8.35. The highest BCUT2D eigenvalue weighted by Crippen LogP contribution is 2.19. The third kappa shape index (κ3) is 2.73. The van der Waals surface area contributed by atoms with Crippen LogP contribution in [0.25, 0.3) is 0 Å². The molecule has 0 bridgehead atoms. The van der Waals surface area contributed by atoms with E-state index in [0.29, 0.717) is 12.2 Å². The fraction of sp³-hybridized carbons (Fsp3) is 0.545. The molecule has 1 heterocycles. The average Bonchev–Trinajstić information content (AvgIpc) is 2.57. The van der Waals surface area contributed by atoms with Crippen molar-refractivity contribution < 1.29 is 17.9 Å². The Morgan fingerprint density at radius 1 is 1.44 bits per heavy atom. The van der Waals surface area contributed by atoms with Crippen molar-refractivity contribution in [1.82, 2.24) is 9.29 Å². The van der Waals surface area contributed by atoms with E-state index in [0.717, 1.165) is 0 Å². The van der Waals surface area contributed by atoms with Crippen molar-refractivity contribution in [2.24, 2.45) is 7.05 Å². The molecule has 0 saturated carbocycles. The number of hydrogen-bond donors (Lipinski definition) is 1. The van der Waals surface area contributed by atoms with E-state index in [1.807, 2.05) is 0 Å². The van der Waals surface area contributed by atoms with Crippen LogP contribution in [0.1, 0.15) is 30.0 Å². The van der Waals surface area contributed by atoms with Crippen LogP contribution < -0.4 is 4.72 Å². The molecule has 6 nitrogen and oxygen atoms in total. The zero-order valence-electron chi connectivity index (χ0n) is 11.0. The van der Waals surface area contributed by atoms with Crippen molar-refractivity contribution in [3.63, 3.8) is 0 Å². The molecule has 0 spiro atoms. The lowest BCUT2D eigenvalue weighted by Gasteiger charge is -2.05. The Kier molecular flexibility index (Phi) is 4.53. The van der Waals surface area contributed by atoms with E-state index in [9.17, 15) is 13.2 Å². The first-order valence-electron chi connectivity index (χ1n) is 5.68. The second kappa shape index (κ2) is 5.53. The van der Waals surface area contributed by atoms with E-state index in [1.165, 1.54) is 10.6 Å². The minimum atomic E-state index is -3.57. The minimum absolute atomic E-state index is 0.106. The molecule has 7 heteroatoms. The number of sulfonamides is 1. The van der Waals surface area contributed by atoms with Crippen molar-refractivity contribution in [1.29, 1.82) is 0 Å². The molecule has 0 fully saturated rings. The smallest absolute Gasteiger partial charge is 0.354 e. The number of ether oxygens (including phenoxy) is 1. The number of carbonyl (C=O) groups is 1. The highest BCUT2D eigenvalue weighted by molar-refractivity contribution is 7.89. The summed E-state index contributed by atoms with van der Waals surface area (Å²) in [5.41, 5.74) is 0.727. The van der Waals surface area contributed by atoms with Gasteiger partial charge in [0.1, 0.15) is 10.6 Å². The van der Waals surface area contributed by atoms with Crippen molar-refractivity contribution in [2.75, 3.05) is 13.2 Å². The van der Waals surface area contributed by atoms with Gasteiger partial charge in [-0.05, 0) is 19.9 Å². The Bertz CT molecular complexity index is 546. The van der Waals surface area contributed by atoms with Crippen LogP contribution in [0.4, 0.5) is 0 Å². The predicted octanol–water partition coefficient (Wildman–Crippen LogP) is 0.808. The lowest BCUT2D eigenvalue weighted by Crippen LogP contribution is -2.23. The van der Waals surface area contributed by atoms with Crippen LogP contribution in [0, 0.1) is 6.92 Å². The molecule has 1 rings (SSSR count). The topological polar surface area (TPSA) is 77.4 Å². The van der Waals surface area contributed by atoms with Crippen LogP contribution in [-0.4, -0.2) is 32.1 Å². The fourth-order valence-corrected chi connectivity index (χ4v) is 2.94. The summed E-state index contributed by atoms with van der Waals surface area (Å²) in [6.07, 6.45) is 0. The van der Waals surface area contributed by atoms with Crippen molar-refractivity contribution >= 4 is 16.0 Å². The van der Waals surface area contributed by atoms with E-state index in [4.69, 9.17) is 4.74 Å². The number of esters is 1. The first kappa shape index (κ1) is 14.7. The van der Waals surface area contributed by atoms with Gasteiger partial charge < -0.3 is 9.30 Å². The number of aromatic nitrogens is 1. The summed E-state index contributed by atoms with van der Waals surface area (Å²) in [6, 6.07) is 1.34. The average molecular weight is 274 g/mol. The van der Waals surface area contributed by atoms with Crippen molar-refractivity contribution in [3.05, 3.63) is 17.5 Å². The molecule has 0 aromatic carbocycles. The van der Waals surface area contributed by atoms with Gasteiger partial charge in [-0.3, -0.25) is 0 Å². The van der Waals surface area contributed by atoms with Gasteiger partial charge in [0.25, 0.3) is 0 Å². The summed E-state index contributed by atoms with van der Waals surface area (Å²) in [6.45, 7) is 5.59. The summed E-state index contributed by atoms with van der Waals surface area (Å²) in [5.74, 6) is -0.527. The number of nitrogens with one attached hydrogen (secondary N) is 1. The largest absolute Gasteiger partial charge is 0.461 e. The Labute approximate surface area is 107 Å². The Morgan fingerprint density at radius 2 is 2.06 bits per heavy atom. The number of carbonyl (C=O) groups excluding carboxylic acids is 1. The van der Waals surface area contributed by atoms with Gasteiger partial charge in [-0.25, -0.2) is 17.9 Å². The maximum absolute atomic E-state index is 11.9. The van der Waals surface area contributed by atoms with Gasteiger partial charge in [0.15, 0.2) is 0 Å². The summed E-state index contributed by atoms with van der Waals surface area (Å²) in [4.78, 5) is 11.8. The standard InChI is InChI=1S/C11H18N2O4S/c1-5-12-18(15,16)10-7-9(11(14)17-6-2)13(4)8(10)3/h7,12H,5-6H2,1-4H3. The summed E-state index contributed by atoms with van der Waals surface area (Å²) in [5, 5.41) is 0. The Morgan fingerprint density at radius 3 is 2.56 bits per heavy atom. The predicted molar refractivity (Wildman–Crippen MR) is 67.0 cm³/mol. The van der Waals surface area contributed by atoms with Crippen LogP contribution in [0.2, 0.25) is 0 Å². The molecule has 1 aromatic rings. The maximum Gasteiger partial charge on any atom is 0.354 e. The highest BCUT2D eigenvalue weighted by Gasteiger charge is 2.24. The molecule has 1 aromatic heterocycles. The van der Waals surface area contributed by atoms with Gasteiger partial charge in [-0.1, -0.05) is 6.92 Å². The zero-order valence-corrected chi connectivity index (χ0v) is 11.8. The molecular weight excluding hydrogens is 256 g/mol. The number of rotatable bonds is 5. The van der Waals surface area contributed by atoms with Crippen LogP contribution in [0.15, 0.2) is 11.0 Å². The van der Waals surface area contributed by atoms with Crippen LogP contribution in [0.5, 0.6) is 0 Å². The molecule has 102 valence electrons. The van der Waals surface area contributed by atoms with Crippen LogP contribution in [-0.2, 0) is 21.8 Å². The summed E-state index contributed by atoms with van der Waals surface area (Å²) in [7, 11) is -1.94. The van der Waals surface area contributed by atoms with Crippen molar-refractivity contribution in [2.45, 2.75) is 25.7 Å². The molecule has 0 aliphatic carbocycles. The lowest BCUT2D eigenvalue weighted by atomic mass is 10.4. The maximum atomic E-state index is 11.9. The molecule has 0 radical (unpaired) electrons. The minimum Gasteiger partial charge on any atom is -0.461 e. The third-order valence-corrected chi connectivity index (χ3v) is 4.26. The van der Waals surface area contributed by atoms with E-state index < -0.39 is 16.0 Å². The normalized spacial score (nSPS) is 11.6. The van der Waals surface area contributed by atoms with E-state index in [2.05, 4.69) is 4.72 Å². The molecular formula is C11H18N2O4S.